The third kappa shape index (κ3) is 3.26. The fraction of sp³-hybridized carbons (Fsp3) is 0. The lowest BCUT2D eigenvalue weighted by Crippen LogP contribution is -1.94. The average Bonchev–Trinajstić information content (AvgIpc) is 3.83. The summed E-state index contributed by atoms with van der Waals surface area (Å²) in [6.07, 6.45) is 4.16. The predicted molar refractivity (Wildman–Crippen MR) is 179 cm³/mol. The molecule has 0 bridgehead atoms. The standard InChI is InChI=1S/C39H24N4O/c1-4-13-34-29(10-1)30-11-2-5-14-35(30)43(34)28-17-19-38-32(24-28)31-23-26(16-18-37(31)44-38)25-8-7-9-27(22-25)41-20-21-42-36-15-6-3-12-33(36)40-39(41)42/h1-24H. The quantitative estimate of drug-likeness (QED) is 0.214. The third-order valence-corrected chi connectivity index (χ3v) is 8.91. The SMILES string of the molecule is c1cc(-c2ccc3oc4ccc(-n5c6ccccc6c6ccccc65)cc4c3c2)cc(-n2ccn3c4ccccc4nc23)c1. The molecule has 0 aliphatic rings. The molecule has 6 aromatic carbocycles. The van der Waals surface area contributed by atoms with Crippen LogP contribution in [0.15, 0.2) is 150 Å². The first-order valence-corrected chi connectivity index (χ1v) is 14.8. The van der Waals surface area contributed by atoms with Gasteiger partial charge in [-0.1, -0.05) is 66.7 Å². The van der Waals surface area contributed by atoms with Gasteiger partial charge in [-0.05, 0) is 77.9 Å². The van der Waals surface area contributed by atoms with Crippen LogP contribution in [-0.4, -0.2) is 18.5 Å². The van der Waals surface area contributed by atoms with Crippen LogP contribution in [0, 0.1) is 0 Å². The Hall–Kier alpha value is -6.07. The number of aromatic nitrogens is 4. The monoisotopic (exact) mass is 564 g/mol. The third-order valence-electron chi connectivity index (χ3n) is 8.91. The fourth-order valence-electron chi connectivity index (χ4n) is 6.87. The first-order valence-electron chi connectivity index (χ1n) is 14.8. The number of hydrogen-bond donors (Lipinski definition) is 0. The first-order chi connectivity index (χ1) is 21.8. The maximum Gasteiger partial charge on any atom is 0.219 e. The molecule has 5 nitrogen and oxygen atoms in total. The van der Waals surface area contributed by atoms with Crippen LogP contribution in [0.3, 0.4) is 0 Å². The molecule has 206 valence electrons. The van der Waals surface area contributed by atoms with Crippen molar-refractivity contribution < 1.29 is 4.42 Å². The van der Waals surface area contributed by atoms with Gasteiger partial charge in [0.25, 0.3) is 0 Å². The Kier molecular flexibility index (Phi) is 4.66. The zero-order valence-electron chi connectivity index (χ0n) is 23.6. The highest BCUT2D eigenvalue weighted by Gasteiger charge is 2.15. The van der Waals surface area contributed by atoms with E-state index >= 15 is 0 Å². The molecule has 0 aliphatic carbocycles. The van der Waals surface area contributed by atoms with Crippen molar-refractivity contribution in [3.63, 3.8) is 0 Å². The lowest BCUT2D eigenvalue weighted by atomic mass is 10.0. The van der Waals surface area contributed by atoms with E-state index in [2.05, 4.69) is 153 Å². The van der Waals surface area contributed by atoms with Crippen molar-refractivity contribution >= 4 is 60.6 Å². The van der Waals surface area contributed by atoms with Crippen LogP contribution >= 0.6 is 0 Å². The summed E-state index contributed by atoms with van der Waals surface area (Å²) in [6, 6.07) is 47.1. The van der Waals surface area contributed by atoms with E-state index in [0.29, 0.717) is 0 Å². The Morgan fingerprint density at radius 2 is 1.16 bits per heavy atom. The molecule has 4 heterocycles. The highest BCUT2D eigenvalue weighted by molar-refractivity contribution is 6.11. The normalized spacial score (nSPS) is 12.1. The molecule has 5 heteroatoms. The van der Waals surface area contributed by atoms with Crippen LogP contribution < -0.4 is 0 Å². The summed E-state index contributed by atoms with van der Waals surface area (Å²) in [5.41, 5.74) is 10.7. The van der Waals surface area contributed by atoms with Crippen molar-refractivity contribution in [2.75, 3.05) is 0 Å². The molecule has 0 fully saturated rings. The average molecular weight is 565 g/mol. The number of hydrogen-bond acceptors (Lipinski definition) is 2. The molecule has 0 N–H and O–H groups in total. The topological polar surface area (TPSA) is 40.3 Å². The summed E-state index contributed by atoms with van der Waals surface area (Å²) in [5, 5.41) is 4.72. The van der Waals surface area contributed by atoms with E-state index in [1.807, 2.05) is 6.07 Å². The Labute approximate surface area is 251 Å². The van der Waals surface area contributed by atoms with E-state index in [1.165, 1.54) is 21.8 Å². The van der Waals surface area contributed by atoms with Gasteiger partial charge in [-0.25, -0.2) is 4.98 Å². The van der Waals surface area contributed by atoms with Crippen LogP contribution in [-0.2, 0) is 0 Å². The lowest BCUT2D eigenvalue weighted by Gasteiger charge is -2.08. The smallest absolute Gasteiger partial charge is 0.219 e. The van der Waals surface area contributed by atoms with Gasteiger partial charge in [-0.15, -0.1) is 0 Å². The van der Waals surface area contributed by atoms with Crippen LogP contribution in [0.2, 0.25) is 0 Å². The molecule has 0 atom stereocenters. The van der Waals surface area contributed by atoms with Gasteiger partial charge in [0.1, 0.15) is 11.2 Å². The van der Waals surface area contributed by atoms with E-state index in [0.717, 1.165) is 61.3 Å². The fourth-order valence-corrected chi connectivity index (χ4v) is 6.87. The summed E-state index contributed by atoms with van der Waals surface area (Å²) in [5.74, 6) is 0.900. The molecule has 0 saturated heterocycles. The van der Waals surface area contributed by atoms with Gasteiger partial charge in [0.2, 0.25) is 5.78 Å². The van der Waals surface area contributed by atoms with E-state index in [4.69, 9.17) is 9.40 Å². The van der Waals surface area contributed by atoms with E-state index in [-0.39, 0.29) is 0 Å². The summed E-state index contributed by atoms with van der Waals surface area (Å²) >= 11 is 0. The molecule has 44 heavy (non-hydrogen) atoms. The van der Waals surface area contributed by atoms with Gasteiger partial charge in [0.15, 0.2) is 0 Å². The molecule has 0 radical (unpaired) electrons. The number of nitrogens with zero attached hydrogens (tertiary/aromatic N) is 4. The number of furan rings is 1. The zero-order valence-corrected chi connectivity index (χ0v) is 23.6. The Morgan fingerprint density at radius 1 is 0.477 bits per heavy atom. The summed E-state index contributed by atoms with van der Waals surface area (Å²) < 4.78 is 13.0. The highest BCUT2D eigenvalue weighted by atomic mass is 16.3. The predicted octanol–water partition coefficient (Wildman–Crippen LogP) is 9.94. The van der Waals surface area contributed by atoms with Crippen LogP contribution in [0.5, 0.6) is 0 Å². The van der Waals surface area contributed by atoms with Crippen LogP contribution in [0.4, 0.5) is 0 Å². The molecule has 0 unspecified atom stereocenters. The van der Waals surface area contributed by atoms with Gasteiger partial charge in [-0.2, -0.15) is 0 Å². The minimum absolute atomic E-state index is 0.885. The number of fused-ring (bicyclic) bond motifs is 9. The number of rotatable bonds is 3. The molecule has 10 rings (SSSR count). The summed E-state index contributed by atoms with van der Waals surface area (Å²) in [6.45, 7) is 0. The lowest BCUT2D eigenvalue weighted by molar-refractivity contribution is 0.669. The largest absolute Gasteiger partial charge is 0.456 e. The van der Waals surface area contributed by atoms with Crippen molar-refractivity contribution in [3.8, 4) is 22.5 Å². The second kappa shape index (κ2) is 8.72. The van der Waals surface area contributed by atoms with Gasteiger partial charge in [0.05, 0.1) is 22.1 Å². The van der Waals surface area contributed by atoms with Gasteiger partial charge < -0.3 is 8.98 Å². The van der Waals surface area contributed by atoms with Gasteiger partial charge in [0, 0.05) is 45.3 Å². The Balaban J connectivity index is 1.12. The van der Waals surface area contributed by atoms with E-state index in [9.17, 15) is 0 Å². The summed E-state index contributed by atoms with van der Waals surface area (Å²) in [7, 11) is 0. The van der Waals surface area contributed by atoms with Crippen LogP contribution in [0.1, 0.15) is 0 Å². The molecular weight excluding hydrogens is 540 g/mol. The molecule has 0 amide bonds. The summed E-state index contributed by atoms with van der Waals surface area (Å²) in [4.78, 5) is 4.90. The minimum atomic E-state index is 0.885. The number of benzene rings is 6. The Morgan fingerprint density at radius 3 is 1.98 bits per heavy atom. The van der Waals surface area contributed by atoms with Crippen molar-refractivity contribution in [1.82, 2.24) is 18.5 Å². The van der Waals surface area contributed by atoms with Crippen molar-refractivity contribution in [2.24, 2.45) is 0 Å². The molecule has 10 aromatic rings. The zero-order chi connectivity index (χ0) is 28.8. The maximum atomic E-state index is 6.33. The van der Waals surface area contributed by atoms with Crippen molar-refractivity contribution in [2.45, 2.75) is 0 Å². The van der Waals surface area contributed by atoms with Crippen LogP contribution in [0.25, 0.3) is 83.1 Å². The highest BCUT2D eigenvalue weighted by Crippen LogP contribution is 2.37. The molecule has 0 saturated carbocycles. The first kappa shape index (κ1) is 23.5. The second-order valence-corrected chi connectivity index (χ2v) is 11.4. The number of imidazole rings is 2. The molecule has 4 aromatic heterocycles. The van der Waals surface area contributed by atoms with E-state index < -0.39 is 0 Å². The second-order valence-electron chi connectivity index (χ2n) is 11.4. The minimum Gasteiger partial charge on any atom is -0.456 e. The van der Waals surface area contributed by atoms with Gasteiger partial charge >= 0.3 is 0 Å². The van der Waals surface area contributed by atoms with Crippen molar-refractivity contribution in [1.29, 1.82) is 0 Å². The van der Waals surface area contributed by atoms with Gasteiger partial charge in [-0.3, -0.25) is 8.97 Å². The molecule has 0 aliphatic heterocycles. The van der Waals surface area contributed by atoms with Crippen molar-refractivity contribution in [3.05, 3.63) is 146 Å². The van der Waals surface area contributed by atoms with E-state index in [1.54, 1.807) is 0 Å². The molecular formula is C39H24N4O. The maximum absolute atomic E-state index is 6.33. The number of para-hydroxylation sites is 4. The Bertz CT molecular complexity index is 2680. The molecule has 0 spiro atoms.